The number of hydrogen-bond acceptors (Lipinski definition) is 2. The number of nitrogens with zero attached hydrogens (tertiary/aromatic N) is 1. The van der Waals surface area contributed by atoms with Gasteiger partial charge in [-0.2, -0.15) is 0 Å². The minimum atomic E-state index is 0.112. The van der Waals surface area contributed by atoms with Crippen molar-refractivity contribution in [2.24, 2.45) is 5.92 Å². The molecule has 0 spiro atoms. The second kappa shape index (κ2) is 8.14. The van der Waals surface area contributed by atoms with E-state index in [9.17, 15) is 4.79 Å². The van der Waals surface area contributed by atoms with Crippen LogP contribution < -0.4 is 5.32 Å². The molecule has 0 radical (unpaired) electrons. The van der Waals surface area contributed by atoms with Crippen LogP contribution in [0.25, 0.3) is 6.08 Å². The molecule has 22 heavy (non-hydrogen) atoms. The van der Waals surface area contributed by atoms with Crippen LogP contribution in [0.15, 0.2) is 35.9 Å². The highest BCUT2D eigenvalue weighted by molar-refractivity contribution is 5.78. The van der Waals surface area contributed by atoms with Gasteiger partial charge in [-0.25, -0.2) is 0 Å². The van der Waals surface area contributed by atoms with Crippen LogP contribution in [0, 0.1) is 5.92 Å². The molecule has 0 unspecified atom stereocenters. The first-order chi connectivity index (χ1) is 10.6. The van der Waals surface area contributed by atoms with Crippen molar-refractivity contribution >= 4 is 12.0 Å². The average molecular weight is 300 g/mol. The zero-order valence-electron chi connectivity index (χ0n) is 14.0. The third-order valence-electron chi connectivity index (χ3n) is 4.18. The molecule has 3 nitrogen and oxygen atoms in total. The minimum absolute atomic E-state index is 0.112. The highest BCUT2D eigenvalue weighted by Gasteiger charge is 2.23. The van der Waals surface area contributed by atoms with Crippen LogP contribution in [0.3, 0.4) is 0 Å². The molecule has 0 aliphatic carbocycles. The molecular formula is C19H28N2O. The van der Waals surface area contributed by atoms with Crippen molar-refractivity contribution in [3.8, 4) is 0 Å². The van der Waals surface area contributed by atoms with E-state index in [1.807, 2.05) is 24.8 Å². The minimum Gasteiger partial charge on any atom is -0.342 e. The summed E-state index contributed by atoms with van der Waals surface area (Å²) in [7, 11) is 0. The number of carbonyl (C=O) groups is 1. The van der Waals surface area contributed by atoms with E-state index >= 15 is 0 Å². The SMILES string of the molecule is C/C(=C\c1ccccc1)CNC1CCN(C(=O)C(C)C)CC1. The first kappa shape index (κ1) is 16.8. The lowest BCUT2D eigenvalue weighted by Gasteiger charge is -2.33. The molecule has 1 saturated heterocycles. The van der Waals surface area contributed by atoms with Crippen LogP contribution in [0.4, 0.5) is 0 Å². The largest absolute Gasteiger partial charge is 0.342 e. The van der Waals surface area contributed by atoms with Gasteiger partial charge < -0.3 is 10.2 Å². The summed E-state index contributed by atoms with van der Waals surface area (Å²) < 4.78 is 0. The molecule has 1 aliphatic rings. The van der Waals surface area contributed by atoms with Gasteiger partial charge in [-0.05, 0) is 25.3 Å². The zero-order chi connectivity index (χ0) is 15.9. The van der Waals surface area contributed by atoms with Crippen LogP contribution in [-0.2, 0) is 4.79 Å². The number of benzene rings is 1. The lowest BCUT2D eigenvalue weighted by Crippen LogP contribution is -2.46. The Morgan fingerprint density at radius 1 is 1.27 bits per heavy atom. The molecule has 1 heterocycles. The monoisotopic (exact) mass is 300 g/mol. The maximum Gasteiger partial charge on any atom is 0.225 e. The maximum absolute atomic E-state index is 12.0. The first-order valence-corrected chi connectivity index (χ1v) is 8.30. The molecule has 0 atom stereocenters. The van der Waals surface area contributed by atoms with Crippen LogP contribution in [-0.4, -0.2) is 36.5 Å². The van der Waals surface area contributed by atoms with Gasteiger partial charge in [0, 0.05) is 31.6 Å². The first-order valence-electron chi connectivity index (χ1n) is 8.30. The number of rotatable bonds is 5. The van der Waals surface area contributed by atoms with Gasteiger partial charge in [0.15, 0.2) is 0 Å². The number of carbonyl (C=O) groups excluding carboxylic acids is 1. The Bertz CT molecular complexity index is 499. The second-order valence-electron chi connectivity index (χ2n) is 6.54. The normalized spacial score (nSPS) is 17.1. The molecule has 120 valence electrons. The zero-order valence-corrected chi connectivity index (χ0v) is 14.0. The molecule has 1 aromatic carbocycles. The Hall–Kier alpha value is -1.61. The molecule has 0 bridgehead atoms. The number of piperidine rings is 1. The lowest BCUT2D eigenvalue weighted by molar-refractivity contribution is -0.135. The van der Waals surface area contributed by atoms with Crippen molar-refractivity contribution in [3.63, 3.8) is 0 Å². The second-order valence-corrected chi connectivity index (χ2v) is 6.54. The highest BCUT2D eigenvalue weighted by atomic mass is 16.2. The molecule has 1 amide bonds. The van der Waals surface area contributed by atoms with E-state index < -0.39 is 0 Å². The molecule has 1 N–H and O–H groups in total. The summed E-state index contributed by atoms with van der Waals surface area (Å²) in [5, 5.41) is 3.62. The van der Waals surface area contributed by atoms with Crippen molar-refractivity contribution in [2.45, 2.75) is 39.7 Å². The van der Waals surface area contributed by atoms with Gasteiger partial charge in [0.2, 0.25) is 5.91 Å². The smallest absolute Gasteiger partial charge is 0.225 e. The number of amides is 1. The fourth-order valence-electron chi connectivity index (χ4n) is 2.86. The van der Waals surface area contributed by atoms with Gasteiger partial charge in [0.1, 0.15) is 0 Å². The summed E-state index contributed by atoms with van der Waals surface area (Å²) >= 11 is 0. The van der Waals surface area contributed by atoms with Crippen LogP contribution in [0.2, 0.25) is 0 Å². The highest BCUT2D eigenvalue weighted by Crippen LogP contribution is 2.14. The van der Waals surface area contributed by atoms with E-state index in [1.165, 1.54) is 11.1 Å². The molecule has 1 fully saturated rings. The van der Waals surface area contributed by atoms with Gasteiger partial charge in [-0.15, -0.1) is 0 Å². The fourth-order valence-corrected chi connectivity index (χ4v) is 2.86. The number of nitrogens with one attached hydrogen (secondary N) is 1. The summed E-state index contributed by atoms with van der Waals surface area (Å²) in [6.07, 6.45) is 4.33. The van der Waals surface area contributed by atoms with Crippen LogP contribution in [0.5, 0.6) is 0 Å². The topological polar surface area (TPSA) is 32.3 Å². The summed E-state index contributed by atoms with van der Waals surface area (Å²) in [4.78, 5) is 14.0. The Balaban J connectivity index is 1.75. The molecular weight excluding hydrogens is 272 g/mol. The maximum atomic E-state index is 12.0. The van der Waals surface area contributed by atoms with E-state index in [1.54, 1.807) is 0 Å². The van der Waals surface area contributed by atoms with Gasteiger partial charge >= 0.3 is 0 Å². The standard InChI is InChI=1S/C19H28N2O/c1-15(2)19(22)21-11-9-18(10-12-21)20-14-16(3)13-17-7-5-4-6-8-17/h4-8,13,15,18,20H,9-12,14H2,1-3H3/b16-13+. The Kier molecular flexibility index (Phi) is 6.20. The Labute approximate surface area is 134 Å². The summed E-state index contributed by atoms with van der Waals surface area (Å²) in [6, 6.07) is 10.9. The van der Waals surface area contributed by atoms with Crippen LogP contribution >= 0.6 is 0 Å². The van der Waals surface area contributed by atoms with E-state index in [0.717, 1.165) is 32.5 Å². The summed E-state index contributed by atoms with van der Waals surface area (Å²) in [5.41, 5.74) is 2.59. The van der Waals surface area contributed by atoms with E-state index in [-0.39, 0.29) is 5.92 Å². The molecule has 3 heteroatoms. The molecule has 0 aromatic heterocycles. The van der Waals surface area contributed by atoms with Gasteiger partial charge in [0.25, 0.3) is 0 Å². The van der Waals surface area contributed by atoms with E-state index in [4.69, 9.17) is 0 Å². The van der Waals surface area contributed by atoms with Crippen molar-refractivity contribution in [1.82, 2.24) is 10.2 Å². The average Bonchev–Trinajstić information content (AvgIpc) is 2.53. The lowest BCUT2D eigenvalue weighted by atomic mass is 10.0. The number of hydrogen-bond donors (Lipinski definition) is 1. The van der Waals surface area contributed by atoms with Crippen LogP contribution in [0.1, 0.15) is 39.2 Å². The molecule has 2 rings (SSSR count). The number of likely N-dealkylation sites (tertiary alicyclic amines) is 1. The van der Waals surface area contributed by atoms with Crippen molar-refractivity contribution < 1.29 is 4.79 Å². The third kappa shape index (κ3) is 4.99. The van der Waals surface area contributed by atoms with E-state index in [0.29, 0.717) is 11.9 Å². The van der Waals surface area contributed by atoms with Gasteiger partial charge in [0.05, 0.1) is 0 Å². The van der Waals surface area contributed by atoms with Crippen molar-refractivity contribution in [2.75, 3.05) is 19.6 Å². The third-order valence-corrected chi connectivity index (χ3v) is 4.18. The Morgan fingerprint density at radius 3 is 2.50 bits per heavy atom. The van der Waals surface area contributed by atoms with Gasteiger partial charge in [-0.1, -0.05) is 55.8 Å². The molecule has 1 aromatic rings. The van der Waals surface area contributed by atoms with E-state index in [2.05, 4.69) is 42.6 Å². The summed E-state index contributed by atoms with van der Waals surface area (Å²) in [5.74, 6) is 0.402. The Morgan fingerprint density at radius 2 is 1.91 bits per heavy atom. The predicted molar refractivity (Wildman–Crippen MR) is 92.5 cm³/mol. The quantitative estimate of drug-likeness (QED) is 0.904. The fraction of sp³-hybridized carbons (Fsp3) is 0.526. The van der Waals surface area contributed by atoms with Crippen molar-refractivity contribution in [3.05, 3.63) is 41.5 Å². The predicted octanol–water partition coefficient (Wildman–Crippen LogP) is 3.33. The molecule has 1 aliphatic heterocycles. The van der Waals surface area contributed by atoms with Crippen molar-refractivity contribution in [1.29, 1.82) is 0 Å². The summed E-state index contributed by atoms with van der Waals surface area (Å²) in [6.45, 7) is 8.80. The molecule has 0 saturated carbocycles. The van der Waals surface area contributed by atoms with Gasteiger partial charge in [-0.3, -0.25) is 4.79 Å².